The zero-order valence-electron chi connectivity index (χ0n) is 15.0. The Hall–Kier alpha value is -2.28. The lowest BCUT2D eigenvalue weighted by atomic mass is 10.0. The van der Waals surface area contributed by atoms with Crippen molar-refractivity contribution in [3.63, 3.8) is 0 Å². The summed E-state index contributed by atoms with van der Waals surface area (Å²) in [6, 6.07) is 6.48. The van der Waals surface area contributed by atoms with Gasteiger partial charge in [0, 0.05) is 29.6 Å². The van der Waals surface area contributed by atoms with Crippen molar-refractivity contribution in [1.82, 2.24) is 9.99 Å². The number of thiazole rings is 1. The fraction of sp³-hybridized carbons (Fsp3) is 0.421. The molecule has 1 aliphatic rings. The van der Waals surface area contributed by atoms with Crippen molar-refractivity contribution in [2.75, 3.05) is 11.9 Å². The number of hydrogen-bond donors (Lipinski definition) is 1. The molecule has 2 aromatic rings. The average molecular weight is 374 g/mol. The molecule has 5 nitrogen and oxygen atoms in total. The summed E-state index contributed by atoms with van der Waals surface area (Å²) in [5.74, 6) is -0.524. The van der Waals surface area contributed by atoms with Crippen molar-refractivity contribution in [1.29, 1.82) is 0 Å². The fourth-order valence-corrected chi connectivity index (χ4v) is 3.68. The molecule has 0 fully saturated rings. The molecule has 0 spiro atoms. The van der Waals surface area contributed by atoms with Gasteiger partial charge < -0.3 is 0 Å². The number of unbranched alkanes of at least 4 members (excludes halogenated alkanes) is 2. The predicted octanol–water partition coefficient (Wildman–Crippen LogP) is 4.52. The Morgan fingerprint density at radius 2 is 2.19 bits per heavy atom. The second kappa shape index (κ2) is 8.40. The van der Waals surface area contributed by atoms with E-state index in [1.165, 1.54) is 17.4 Å². The van der Waals surface area contributed by atoms with Crippen LogP contribution in [0.15, 0.2) is 35.6 Å². The van der Waals surface area contributed by atoms with Crippen LogP contribution in [0.4, 0.5) is 9.52 Å². The minimum Gasteiger partial charge on any atom is -0.297 e. The molecule has 7 heteroatoms. The van der Waals surface area contributed by atoms with Gasteiger partial charge in [-0.2, -0.15) is 5.10 Å². The van der Waals surface area contributed by atoms with E-state index in [0.29, 0.717) is 29.4 Å². The zero-order chi connectivity index (χ0) is 18.5. The zero-order valence-corrected chi connectivity index (χ0v) is 15.9. The Bertz CT molecular complexity index is 804. The SMILES string of the molecule is CCCCCN1N=C(C(=O)Nc2ncc(C)s2)CC1c1ccccc1F. The summed E-state index contributed by atoms with van der Waals surface area (Å²) in [4.78, 5) is 17.7. The maximum Gasteiger partial charge on any atom is 0.273 e. The van der Waals surface area contributed by atoms with Crippen molar-refractivity contribution in [3.8, 4) is 0 Å². The van der Waals surface area contributed by atoms with E-state index in [4.69, 9.17) is 0 Å². The van der Waals surface area contributed by atoms with Gasteiger partial charge in [0.15, 0.2) is 5.13 Å². The number of benzene rings is 1. The molecular weight excluding hydrogens is 351 g/mol. The van der Waals surface area contributed by atoms with Gasteiger partial charge in [0.25, 0.3) is 5.91 Å². The normalized spacial score (nSPS) is 16.7. The van der Waals surface area contributed by atoms with Crippen molar-refractivity contribution in [2.45, 2.75) is 45.6 Å². The van der Waals surface area contributed by atoms with Crippen molar-refractivity contribution >= 4 is 28.1 Å². The number of nitrogens with one attached hydrogen (secondary N) is 1. The molecule has 1 aliphatic heterocycles. The molecule has 0 bridgehead atoms. The highest BCUT2D eigenvalue weighted by Crippen LogP contribution is 2.33. The summed E-state index contributed by atoms with van der Waals surface area (Å²) >= 11 is 1.42. The molecule has 26 heavy (non-hydrogen) atoms. The number of hydrazone groups is 1. The number of carbonyl (C=O) groups is 1. The summed E-state index contributed by atoms with van der Waals surface area (Å²) in [5, 5.41) is 9.72. The third-order valence-corrected chi connectivity index (χ3v) is 5.18. The molecular formula is C19H23FN4OS. The molecule has 1 amide bonds. The van der Waals surface area contributed by atoms with Gasteiger partial charge in [0.05, 0.1) is 6.04 Å². The van der Waals surface area contributed by atoms with Crippen LogP contribution in [-0.2, 0) is 4.79 Å². The van der Waals surface area contributed by atoms with Crippen LogP contribution in [0.5, 0.6) is 0 Å². The van der Waals surface area contributed by atoms with Crippen LogP contribution >= 0.6 is 11.3 Å². The van der Waals surface area contributed by atoms with E-state index in [9.17, 15) is 9.18 Å². The van der Waals surface area contributed by atoms with Crippen LogP contribution in [0.2, 0.25) is 0 Å². The van der Waals surface area contributed by atoms with Gasteiger partial charge in [0.1, 0.15) is 11.5 Å². The molecule has 1 aromatic heterocycles. The molecule has 0 aliphatic carbocycles. The van der Waals surface area contributed by atoms with E-state index in [0.717, 1.165) is 24.1 Å². The van der Waals surface area contributed by atoms with Crippen molar-refractivity contribution in [2.24, 2.45) is 5.10 Å². The van der Waals surface area contributed by atoms with Crippen LogP contribution < -0.4 is 5.32 Å². The fourth-order valence-electron chi connectivity index (χ4n) is 3.02. The van der Waals surface area contributed by atoms with Crippen LogP contribution in [0.1, 0.15) is 49.1 Å². The first-order valence-corrected chi connectivity index (χ1v) is 9.72. The number of halogens is 1. The van der Waals surface area contributed by atoms with Crippen molar-refractivity contribution < 1.29 is 9.18 Å². The van der Waals surface area contributed by atoms with Gasteiger partial charge in [-0.15, -0.1) is 11.3 Å². The Morgan fingerprint density at radius 1 is 1.38 bits per heavy atom. The monoisotopic (exact) mass is 374 g/mol. The van der Waals surface area contributed by atoms with Gasteiger partial charge in [0.2, 0.25) is 0 Å². The van der Waals surface area contributed by atoms with Gasteiger partial charge in [-0.25, -0.2) is 9.37 Å². The van der Waals surface area contributed by atoms with Crippen molar-refractivity contribution in [3.05, 3.63) is 46.7 Å². The minimum absolute atomic E-state index is 0.244. The van der Waals surface area contributed by atoms with Crippen LogP contribution in [0.3, 0.4) is 0 Å². The van der Waals surface area contributed by atoms with Gasteiger partial charge in [-0.05, 0) is 19.4 Å². The third kappa shape index (κ3) is 4.27. The summed E-state index contributed by atoms with van der Waals surface area (Å²) < 4.78 is 14.3. The van der Waals surface area contributed by atoms with Gasteiger partial charge in [-0.1, -0.05) is 38.0 Å². The first-order chi connectivity index (χ1) is 12.6. The molecule has 1 unspecified atom stereocenters. The molecule has 3 rings (SSSR count). The molecule has 1 aromatic carbocycles. The Kier molecular flexibility index (Phi) is 5.98. The van der Waals surface area contributed by atoms with E-state index >= 15 is 0 Å². The van der Waals surface area contributed by atoms with E-state index in [2.05, 4.69) is 22.3 Å². The summed E-state index contributed by atoms with van der Waals surface area (Å²) in [6.07, 6.45) is 5.25. The third-order valence-electron chi connectivity index (χ3n) is 4.35. The number of aryl methyl sites for hydroxylation is 1. The first kappa shape index (κ1) is 18.5. The molecule has 0 radical (unpaired) electrons. The standard InChI is InChI=1S/C19H23FN4OS/c1-3-4-7-10-24-17(14-8-5-6-9-15(14)20)11-16(23-24)18(25)22-19-21-12-13(2)26-19/h5-6,8-9,12,17H,3-4,7,10-11H2,1-2H3,(H,21,22,25). The highest BCUT2D eigenvalue weighted by atomic mass is 32.1. The van der Waals surface area contributed by atoms with E-state index in [1.807, 2.05) is 18.0 Å². The molecule has 0 saturated carbocycles. The number of nitrogens with zero attached hydrogens (tertiary/aromatic N) is 3. The van der Waals surface area contributed by atoms with Gasteiger partial charge >= 0.3 is 0 Å². The maximum atomic E-state index is 14.3. The first-order valence-electron chi connectivity index (χ1n) is 8.90. The van der Waals surface area contributed by atoms with Crippen LogP contribution in [-0.4, -0.2) is 28.2 Å². The molecule has 1 atom stereocenters. The summed E-state index contributed by atoms with van der Waals surface area (Å²) in [5.41, 5.74) is 1.00. The average Bonchev–Trinajstić information content (AvgIpc) is 3.22. The number of hydrogen-bond acceptors (Lipinski definition) is 5. The Balaban J connectivity index is 1.76. The number of carbonyl (C=O) groups excluding carboxylic acids is 1. The van der Waals surface area contributed by atoms with E-state index < -0.39 is 0 Å². The minimum atomic E-state index is -0.265. The van der Waals surface area contributed by atoms with Gasteiger partial charge in [-0.3, -0.25) is 15.1 Å². The number of rotatable bonds is 7. The lowest BCUT2D eigenvalue weighted by Gasteiger charge is -2.24. The summed E-state index contributed by atoms with van der Waals surface area (Å²) in [6.45, 7) is 4.78. The molecule has 2 heterocycles. The second-order valence-electron chi connectivity index (χ2n) is 6.39. The lowest BCUT2D eigenvalue weighted by molar-refractivity contribution is -0.110. The molecule has 0 saturated heterocycles. The number of aromatic nitrogens is 1. The quantitative estimate of drug-likeness (QED) is 0.725. The second-order valence-corrected chi connectivity index (χ2v) is 7.62. The highest BCUT2D eigenvalue weighted by Gasteiger charge is 2.32. The van der Waals surface area contributed by atoms with E-state index in [-0.39, 0.29) is 17.8 Å². The van der Waals surface area contributed by atoms with Crippen LogP contribution in [0, 0.1) is 12.7 Å². The topological polar surface area (TPSA) is 57.6 Å². The Morgan fingerprint density at radius 3 is 2.88 bits per heavy atom. The Labute approximate surface area is 156 Å². The number of amides is 1. The van der Waals surface area contributed by atoms with Crippen LogP contribution in [0.25, 0.3) is 0 Å². The smallest absolute Gasteiger partial charge is 0.273 e. The molecule has 1 N–H and O–H groups in total. The summed E-state index contributed by atoms with van der Waals surface area (Å²) in [7, 11) is 0. The predicted molar refractivity (Wildman–Crippen MR) is 103 cm³/mol. The lowest BCUT2D eigenvalue weighted by Crippen LogP contribution is -2.22. The maximum absolute atomic E-state index is 14.3. The molecule has 138 valence electrons. The largest absolute Gasteiger partial charge is 0.297 e. The highest BCUT2D eigenvalue weighted by molar-refractivity contribution is 7.15. The van der Waals surface area contributed by atoms with E-state index in [1.54, 1.807) is 18.3 Å². The number of anilines is 1.